The number of hydrogen-bond donors (Lipinski definition) is 0. The van der Waals surface area contributed by atoms with Crippen LogP contribution in [0.5, 0.6) is 0 Å². The van der Waals surface area contributed by atoms with E-state index >= 15 is 0 Å². The van der Waals surface area contributed by atoms with Gasteiger partial charge >= 0.3 is 0 Å². The summed E-state index contributed by atoms with van der Waals surface area (Å²) in [5.41, 5.74) is 3.63. The van der Waals surface area contributed by atoms with Crippen LogP contribution in [0.25, 0.3) is 11.3 Å². The highest BCUT2D eigenvalue weighted by atomic mass is 32.1. The van der Waals surface area contributed by atoms with Crippen molar-refractivity contribution >= 4 is 17.8 Å². The number of carbonyl (C=O) groups is 1. The molecule has 1 aromatic heterocycles. The van der Waals surface area contributed by atoms with Crippen LogP contribution in [0, 0.1) is 6.92 Å². The number of rotatable bonds is 2. The molecular formula is C11H9NOS. The van der Waals surface area contributed by atoms with Gasteiger partial charge in [0.15, 0.2) is 6.29 Å². The standard InChI is InChI=1S/C11H9NOS/c1-8-2-3-9(7-13)10(6-8)11-4-5-14-12-11/h2-7H,1H3. The van der Waals surface area contributed by atoms with E-state index in [-0.39, 0.29) is 0 Å². The molecule has 14 heavy (non-hydrogen) atoms. The number of aryl methyl sites for hydroxylation is 1. The van der Waals surface area contributed by atoms with Gasteiger partial charge in [0.25, 0.3) is 0 Å². The Hall–Kier alpha value is -1.48. The van der Waals surface area contributed by atoms with Gasteiger partial charge in [-0.15, -0.1) is 0 Å². The zero-order chi connectivity index (χ0) is 9.97. The Morgan fingerprint density at radius 2 is 2.21 bits per heavy atom. The SMILES string of the molecule is Cc1ccc(C=O)c(-c2ccsn2)c1. The molecule has 1 heterocycles. The van der Waals surface area contributed by atoms with Gasteiger partial charge in [0.1, 0.15) is 0 Å². The van der Waals surface area contributed by atoms with Gasteiger partial charge < -0.3 is 0 Å². The molecular weight excluding hydrogens is 194 g/mol. The normalized spacial score (nSPS) is 10.1. The van der Waals surface area contributed by atoms with Gasteiger partial charge in [-0.25, -0.2) is 0 Å². The number of carbonyl (C=O) groups excluding carboxylic acids is 1. The zero-order valence-corrected chi connectivity index (χ0v) is 8.54. The van der Waals surface area contributed by atoms with E-state index in [1.165, 1.54) is 11.5 Å². The molecule has 3 heteroatoms. The van der Waals surface area contributed by atoms with E-state index in [9.17, 15) is 4.79 Å². The van der Waals surface area contributed by atoms with Crippen LogP contribution in [0.15, 0.2) is 29.6 Å². The second kappa shape index (κ2) is 3.72. The summed E-state index contributed by atoms with van der Waals surface area (Å²) in [7, 11) is 0. The van der Waals surface area contributed by atoms with Crippen molar-refractivity contribution in [1.82, 2.24) is 4.37 Å². The van der Waals surface area contributed by atoms with Crippen LogP contribution < -0.4 is 0 Å². The van der Waals surface area contributed by atoms with E-state index in [1.54, 1.807) is 0 Å². The molecule has 0 N–H and O–H groups in total. The van der Waals surface area contributed by atoms with Gasteiger partial charge in [-0.05, 0) is 30.6 Å². The first-order valence-electron chi connectivity index (χ1n) is 4.28. The van der Waals surface area contributed by atoms with Crippen LogP contribution in [-0.2, 0) is 0 Å². The van der Waals surface area contributed by atoms with Crippen molar-refractivity contribution in [2.24, 2.45) is 0 Å². The Morgan fingerprint density at radius 3 is 2.86 bits per heavy atom. The van der Waals surface area contributed by atoms with E-state index in [1.807, 2.05) is 36.6 Å². The Kier molecular flexibility index (Phi) is 2.41. The van der Waals surface area contributed by atoms with E-state index in [4.69, 9.17) is 0 Å². The third-order valence-corrected chi connectivity index (χ3v) is 2.61. The van der Waals surface area contributed by atoms with Gasteiger partial charge in [-0.1, -0.05) is 17.7 Å². The molecule has 0 aliphatic carbocycles. The minimum Gasteiger partial charge on any atom is -0.298 e. The molecule has 0 saturated carbocycles. The number of nitrogens with zero attached hydrogens (tertiary/aromatic N) is 1. The fourth-order valence-corrected chi connectivity index (χ4v) is 1.87. The Labute approximate surface area is 86.4 Å². The van der Waals surface area contributed by atoms with Crippen LogP contribution in [-0.4, -0.2) is 10.7 Å². The van der Waals surface area contributed by atoms with Crippen molar-refractivity contribution in [3.63, 3.8) is 0 Å². The summed E-state index contributed by atoms with van der Waals surface area (Å²) >= 11 is 1.39. The summed E-state index contributed by atoms with van der Waals surface area (Å²) < 4.78 is 4.22. The van der Waals surface area contributed by atoms with E-state index < -0.39 is 0 Å². The summed E-state index contributed by atoms with van der Waals surface area (Å²) in [5, 5.41) is 1.91. The lowest BCUT2D eigenvalue weighted by Gasteiger charge is -2.02. The monoisotopic (exact) mass is 203 g/mol. The molecule has 0 bridgehead atoms. The molecule has 1 aromatic carbocycles. The topological polar surface area (TPSA) is 30.0 Å². The van der Waals surface area contributed by atoms with E-state index in [2.05, 4.69) is 4.37 Å². The smallest absolute Gasteiger partial charge is 0.150 e. The van der Waals surface area contributed by atoms with Gasteiger partial charge in [-0.3, -0.25) is 4.79 Å². The second-order valence-electron chi connectivity index (χ2n) is 3.09. The first-order valence-corrected chi connectivity index (χ1v) is 5.11. The highest BCUT2D eigenvalue weighted by Crippen LogP contribution is 2.23. The summed E-state index contributed by atoms with van der Waals surface area (Å²) in [5.74, 6) is 0. The van der Waals surface area contributed by atoms with Gasteiger partial charge in [-0.2, -0.15) is 4.37 Å². The molecule has 0 amide bonds. The molecule has 0 atom stereocenters. The van der Waals surface area contributed by atoms with Crippen molar-refractivity contribution in [2.45, 2.75) is 6.92 Å². The average Bonchev–Trinajstić information content (AvgIpc) is 2.70. The third kappa shape index (κ3) is 1.59. The summed E-state index contributed by atoms with van der Waals surface area (Å²) in [4.78, 5) is 10.8. The van der Waals surface area contributed by atoms with Crippen LogP contribution in [0.4, 0.5) is 0 Å². The fourth-order valence-electron chi connectivity index (χ4n) is 1.35. The van der Waals surface area contributed by atoms with Crippen molar-refractivity contribution < 1.29 is 4.79 Å². The van der Waals surface area contributed by atoms with E-state index in [0.717, 1.165) is 23.1 Å². The summed E-state index contributed by atoms with van der Waals surface area (Å²) in [6, 6.07) is 7.67. The molecule has 0 aliphatic rings. The first kappa shape index (κ1) is 9.09. The summed E-state index contributed by atoms with van der Waals surface area (Å²) in [6.45, 7) is 2.00. The Bertz CT molecular complexity index is 448. The number of benzene rings is 1. The van der Waals surface area contributed by atoms with Gasteiger partial charge in [0.05, 0.1) is 5.69 Å². The molecule has 0 radical (unpaired) electrons. The quantitative estimate of drug-likeness (QED) is 0.702. The predicted molar refractivity (Wildman–Crippen MR) is 57.7 cm³/mol. The second-order valence-corrected chi connectivity index (χ2v) is 3.76. The third-order valence-electron chi connectivity index (χ3n) is 2.05. The average molecular weight is 203 g/mol. The minimum atomic E-state index is 0.696. The van der Waals surface area contributed by atoms with Gasteiger partial charge in [0, 0.05) is 16.5 Å². The maximum Gasteiger partial charge on any atom is 0.150 e. The molecule has 0 aliphatic heterocycles. The first-order chi connectivity index (χ1) is 6.81. The maximum atomic E-state index is 10.8. The molecule has 0 saturated heterocycles. The Morgan fingerprint density at radius 1 is 1.36 bits per heavy atom. The van der Waals surface area contributed by atoms with E-state index in [0.29, 0.717) is 5.56 Å². The highest BCUT2D eigenvalue weighted by Gasteiger charge is 2.05. The molecule has 2 nitrogen and oxygen atoms in total. The maximum absolute atomic E-state index is 10.8. The number of aromatic nitrogens is 1. The summed E-state index contributed by atoms with van der Waals surface area (Å²) in [6.07, 6.45) is 0.869. The molecule has 0 unspecified atom stereocenters. The fraction of sp³-hybridized carbons (Fsp3) is 0.0909. The highest BCUT2D eigenvalue weighted by molar-refractivity contribution is 7.03. The zero-order valence-electron chi connectivity index (χ0n) is 7.73. The number of hydrogen-bond acceptors (Lipinski definition) is 3. The van der Waals surface area contributed by atoms with Crippen LogP contribution >= 0.6 is 11.5 Å². The van der Waals surface area contributed by atoms with Crippen LogP contribution in [0.1, 0.15) is 15.9 Å². The molecule has 70 valence electrons. The van der Waals surface area contributed by atoms with Crippen molar-refractivity contribution in [1.29, 1.82) is 0 Å². The molecule has 2 rings (SSSR count). The van der Waals surface area contributed by atoms with Crippen LogP contribution in [0.2, 0.25) is 0 Å². The largest absolute Gasteiger partial charge is 0.298 e. The predicted octanol–water partition coefficient (Wildman–Crippen LogP) is 2.93. The Balaban J connectivity index is 2.61. The molecule has 0 spiro atoms. The van der Waals surface area contributed by atoms with Crippen LogP contribution in [0.3, 0.4) is 0 Å². The van der Waals surface area contributed by atoms with Crippen molar-refractivity contribution in [3.05, 3.63) is 40.8 Å². The molecule has 0 fully saturated rings. The lowest BCUT2D eigenvalue weighted by molar-refractivity contribution is 0.112. The lowest BCUT2D eigenvalue weighted by atomic mass is 10.0. The minimum absolute atomic E-state index is 0.696. The van der Waals surface area contributed by atoms with Crippen molar-refractivity contribution in [2.75, 3.05) is 0 Å². The number of aldehydes is 1. The van der Waals surface area contributed by atoms with Crippen molar-refractivity contribution in [3.8, 4) is 11.3 Å². The molecule has 2 aromatic rings. The lowest BCUT2D eigenvalue weighted by Crippen LogP contribution is -1.88. The van der Waals surface area contributed by atoms with Gasteiger partial charge in [0.2, 0.25) is 0 Å².